The molecule has 66 valence electrons. The summed E-state index contributed by atoms with van der Waals surface area (Å²) in [6.07, 6.45) is 2.55. The molecule has 1 aliphatic rings. The summed E-state index contributed by atoms with van der Waals surface area (Å²) in [6, 6.07) is 0. The summed E-state index contributed by atoms with van der Waals surface area (Å²) in [5.74, 6) is 0.697. The topological polar surface area (TPSA) is 48.1 Å². The highest BCUT2D eigenvalue weighted by molar-refractivity contribution is 7.15. The summed E-state index contributed by atoms with van der Waals surface area (Å²) in [7, 11) is 1.66. The Balaban J connectivity index is 2.18. The molecule has 1 aliphatic carbocycles. The lowest BCUT2D eigenvalue weighted by molar-refractivity contribution is 0.182. The van der Waals surface area contributed by atoms with Gasteiger partial charge < -0.3 is 10.5 Å². The van der Waals surface area contributed by atoms with Gasteiger partial charge in [0.05, 0.1) is 11.6 Å². The number of anilines is 1. The molecule has 0 bridgehead atoms. The summed E-state index contributed by atoms with van der Waals surface area (Å²) < 4.78 is 4.99. The molecule has 0 spiro atoms. The van der Waals surface area contributed by atoms with Crippen molar-refractivity contribution in [3.63, 3.8) is 0 Å². The Bertz CT molecular complexity index is 281. The summed E-state index contributed by atoms with van der Waals surface area (Å²) in [5, 5.41) is 2.01. The van der Waals surface area contributed by atoms with E-state index in [4.69, 9.17) is 10.5 Å². The van der Waals surface area contributed by atoms with E-state index in [1.165, 1.54) is 17.8 Å². The van der Waals surface area contributed by atoms with Crippen LogP contribution in [0.3, 0.4) is 0 Å². The Labute approximate surface area is 75.6 Å². The normalized spacial score (nSPS) is 16.8. The zero-order chi connectivity index (χ0) is 8.55. The van der Waals surface area contributed by atoms with Gasteiger partial charge in [0.1, 0.15) is 10.7 Å². The number of nitrogens with zero attached hydrogens (tertiary/aromatic N) is 1. The molecule has 1 aromatic rings. The molecule has 12 heavy (non-hydrogen) atoms. The maximum absolute atomic E-state index is 5.77. The number of rotatable bonds is 3. The predicted octanol–water partition coefficient (Wildman–Crippen LogP) is 1.75. The molecule has 1 heterocycles. The smallest absolute Gasteiger partial charge is 0.112 e. The first kappa shape index (κ1) is 8.01. The van der Waals surface area contributed by atoms with Crippen molar-refractivity contribution >= 4 is 16.3 Å². The van der Waals surface area contributed by atoms with Gasteiger partial charge in [-0.05, 0) is 12.8 Å². The summed E-state index contributed by atoms with van der Waals surface area (Å²) in [5.41, 5.74) is 6.68. The molecule has 0 saturated heterocycles. The van der Waals surface area contributed by atoms with E-state index < -0.39 is 0 Å². The van der Waals surface area contributed by atoms with Crippen LogP contribution in [0.2, 0.25) is 0 Å². The van der Waals surface area contributed by atoms with Crippen molar-refractivity contribution < 1.29 is 4.74 Å². The van der Waals surface area contributed by atoms with E-state index in [2.05, 4.69) is 4.98 Å². The molecule has 4 heteroatoms. The van der Waals surface area contributed by atoms with Crippen molar-refractivity contribution in [2.75, 3.05) is 12.8 Å². The molecule has 0 aliphatic heterocycles. The number of ether oxygens (including phenoxy) is 1. The monoisotopic (exact) mass is 184 g/mol. The number of methoxy groups -OCH3 is 1. The molecule has 0 aromatic carbocycles. The van der Waals surface area contributed by atoms with Gasteiger partial charge in [-0.15, -0.1) is 11.3 Å². The van der Waals surface area contributed by atoms with Crippen LogP contribution in [0, 0.1) is 0 Å². The van der Waals surface area contributed by atoms with Crippen LogP contribution >= 0.6 is 11.3 Å². The molecule has 1 aromatic heterocycles. The second-order valence-corrected chi connectivity index (χ2v) is 4.13. The van der Waals surface area contributed by atoms with Gasteiger partial charge in [-0.2, -0.15) is 0 Å². The van der Waals surface area contributed by atoms with E-state index in [-0.39, 0.29) is 0 Å². The van der Waals surface area contributed by atoms with Crippen molar-refractivity contribution in [1.29, 1.82) is 0 Å². The van der Waals surface area contributed by atoms with Crippen LogP contribution in [0.1, 0.15) is 29.5 Å². The van der Waals surface area contributed by atoms with Crippen molar-refractivity contribution in [2.24, 2.45) is 0 Å². The minimum atomic E-state index is 0.537. The SMILES string of the molecule is COCc1nc(C2CC2)sc1N. The largest absolute Gasteiger partial charge is 0.389 e. The lowest BCUT2D eigenvalue weighted by Crippen LogP contribution is -1.92. The van der Waals surface area contributed by atoms with E-state index in [9.17, 15) is 0 Å². The van der Waals surface area contributed by atoms with E-state index in [1.54, 1.807) is 18.4 Å². The first-order valence-corrected chi connectivity index (χ1v) is 4.87. The summed E-state index contributed by atoms with van der Waals surface area (Å²) in [4.78, 5) is 4.43. The van der Waals surface area contributed by atoms with Gasteiger partial charge in [-0.1, -0.05) is 0 Å². The quantitative estimate of drug-likeness (QED) is 0.778. The second kappa shape index (κ2) is 3.03. The summed E-state index contributed by atoms with van der Waals surface area (Å²) in [6.45, 7) is 0.537. The molecule has 0 radical (unpaired) electrons. The van der Waals surface area contributed by atoms with Crippen LogP contribution < -0.4 is 5.73 Å². The van der Waals surface area contributed by atoms with Crippen LogP contribution in [0.5, 0.6) is 0 Å². The van der Waals surface area contributed by atoms with Crippen LogP contribution in [0.25, 0.3) is 0 Å². The second-order valence-electron chi connectivity index (χ2n) is 3.07. The molecule has 0 atom stereocenters. The summed E-state index contributed by atoms with van der Waals surface area (Å²) >= 11 is 1.61. The third-order valence-electron chi connectivity index (χ3n) is 1.95. The predicted molar refractivity (Wildman–Crippen MR) is 49.2 cm³/mol. The zero-order valence-corrected chi connectivity index (χ0v) is 7.86. The molecular weight excluding hydrogens is 172 g/mol. The van der Waals surface area contributed by atoms with E-state index >= 15 is 0 Å². The minimum absolute atomic E-state index is 0.537. The van der Waals surface area contributed by atoms with E-state index in [1.807, 2.05) is 0 Å². The van der Waals surface area contributed by atoms with Crippen LogP contribution in [0.15, 0.2) is 0 Å². The Hall–Kier alpha value is -0.610. The highest BCUT2D eigenvalue weighted by Gasteiger charge is 2.27. The maximum atomic E-state index is 5.77. The molecule has 3 nitrogen and oxygen atoms in total. The van der Waals surface area contributed by atoms with Crippen LogP contribution in [0.4, 0.5) is 5.00 Å². The van der Waals surface area contributed by atoms with Gasteiger partial charge in [0.2, 0.25) is 0 Å². The maximum Gasteiger partial charge on any atom is 0.112 e. The number of thiazole rings is 1. The Morgan fingerprint density at radius 2 is 2.42 bits per heavy atom. The van der Waals surface area contributed by atoms with Crippen molar-refractivity contribution in [3.8, 4) is 0 Å². The first-order valence-electron chi connectivity index (χ1n) is 4.05. The van der Waals surface area contributed by atoms with Gasteiger partial charge in [0.15, 0.2) is 0 Å². The lowest BCUT2D eigenvalue weighted by atomic mass is 10.4. The van der Waals surface area contributed by atoms with Crippen molar-refractivity contribution in [1.82, 2.24) is 4.98 Å². The average Bonchev–Trinajstić information content (AvgIpc) is 2.80. The van der Waals surface area contributed by atoms with Gasteiger partial charge >= 0.3 is 0 Å². The van der Waals surface area contributed by atoms with Crippen LogP contribution in [-0.2, 0) is 11.3 Å². The third-order valence-corrected chi connectivity index (χ3v) is 3.04. The Kier molecular flexibility index (Phi) is 2.02. The molecule has 2 N–H and O–H groups in total. The van der Waals surface area contributed by atoms with Crippen LogP contribution in [-0.4, -0.2) is 12.1 Å². The van der Waals surface area contributed by atoms with Crippen molar-refractivity contribution in [2.45, 2.75) is 25.4 Å². The average molecular weight is 184 g/mol. The zero-order valence-electron chi connectivity index (χ0n) is 7.04. The first-order chi connectivity index (χ1) is 5.81. The van der Waals surface area contributed by atoms with Gasteiger partial charge in [0, 0.05) is 13.0 Å². The number of hydrogen-bond donors (Lipinski definition) is 1. The fourth-order valence-corrected chi connectivity index (χ4v) is 2.13. The van der Waals surface area contributed by atoms with Gasteiger partial charge in [-0.3, -0.25) is 0 Å². The third kappa shape index (κ3) is 1.44. The highest BCUT2D eigenvalue weighted by atomic mass is 32.1. The van der Waals surface area contributed by atoms with E-state index in [0.29, 0.717) is 12.5 Å². The highest BCUT2D eigenvalue weighted by Crippen LogP contribution is 2.43. The van der Waals surface area contributed by atoms with Gasteiger partial charge in [0.25, 0.3) is 0 Å². The molecule has 2 rings (SSSR count). The Morgan fingerprint density at radius 1 is 1.67 bits per heavy atom. The molecular formula is C8H12N2OS. The standard InChI is InChI=1S/C8H12N2OS/c1-11-4-6-7(9)12-8(10-6)5-2-3-5/h5H,2-4,9H2,1H3. The fraction of sp³-hybridized carbons (Fsp3) is 0.625. The molecule has 1 saturated carbocycles. The van der Waals surface area contributed by atoms with Gasteiger partial charge in [-0.25, -0.2) is 4.98 Å². The number of nitrogens with two attached hydrogens (primary N) is 1. The molecule has 0 unspecified atom stereocenters. The Morgan fingerprint density at radius 3 is 3.00 bits per heavy atom. The number of hydrogen-bond acceptors (Lipinski definition) is 4. The van der Waals surface area contributed by atoms with Crippen molar-refractivity contribution in [3.05, 3.63) is 10.7 Å². The number of nitrogen functional groups attached to an aromatic ring is 1. The van der Waals surface area contributed by atoms with E-state index in [0.717, 1.165) is 10.7 Å². The molecule has 1 fully saturated rings. The fourth-order valence-electron chi connectivity index (χ4n) is 1.13. The molecule has 0 amide bonds. The minimum Gasteiger partial charge on any atom is -0.389 e. The lowest BCUT2D eigenvalue weighted by Gasteiger charge is -1.93. The number of aromatic nitrogens is 1.